The van der Waals surface area contributed by atoms with E-state index in [1.165, 1.54) is 63.5 Å². The maximum Gasteiger partial charge on any atom is 0.499 e. The van der Waals surface area contributed by atoms with Gasteiger partial charge in [0.1, 0.15) is 5.75 Å². The van der Waals surface area contributed by atoms with Gasteiger partial charge in [0, 0.05) is 0 Å². The summed E-state index contributed by atoms with van der Waals surface area (Å²) >= 11 is 0. The lowest BCUT2D eigenvalue weighted by molar-refractivity contribution is -0.360. The van der Waals surface area contributed by atoms with Crippen molar-refractivity contribution in [2.75, 3.05) is 0 Å². The first-order valence-corrected chi connectivity index (χ1v) is 9.93. The van der Waals surface area contributed by atoms with Gasteiger partial charge in [-0.05, 0) is 42.4 Å². The van der Waals surface area contributed by atoms with E-state index in [0.717, 1.165) is 24.3 Å². The molecule has 0 radical (unpaired) electrons. The normalized spacial score (nSPS) is 21.3. The third-order valence-corrected chi connectivity index (χ3v) is 5.52. The maximum atomic E-state index is 12.9. The van der Waals surface area contributed by atoms with Crippen LogP contribution in [0.4, 0.5) is 22.0 Å². The zero-order chi connectivity index (χ0) is 19.9. The topological polar surface area (TPSA) is 9.23 Å². The van der Waals surface area contributed by atoms with Gasteiger partial charge in [-0.25, -0.2) is 0 Å². The van der Waals surface area contributed by atoms with Crippen LogP contribution in [0, 0.1) is 11.8 Å². The van der Waals surface area contributed by atoms with Crippen LogP contribution < -0.4 is 4.74 Å². The van der Waals surface area contributed by atoms with E-state index in [2.05, 4.69) is 11.7 Å². The lowest BCUT2D eigenvalue weighted by atomic mass is 9.78. The summed E-state index contributed by atoms with van der Waals surface area (Å²) in [5.74, 6) is 1.06. The fraction of sp³-hybridized carbons (Fsp3) is 0.714. The molecule has 0 spiro atoms. The molecule has 2 rings (SSSR count). The summed E-state index contributed by atoms with van der Waals surface area (Å²) in [5, 5.41) is 0. The van der Waals surface area contributed by atoms with Gasteiger partial charge in [0.2, 0.25) is 0 Å². The summed E-state index contributed by atoms with van der Waals surface area (Å²) < 4.78 is 66.1. The average Bonchev–Trinajstić information content (AvgIpc) is 2.61. The second-order valence-corrected chi connectivity index (χ2v) is 7.68. The minimum atomic E-state index is -5.72. The van der Waals surface area contributed by atoms with Crippen LogP contribution >= 0.6 is 0 Å². The van der Waals surface area contributed by atoms with Crippen molar-refractivity contribution in [1.29, 1.82) is 0 Å². The Kier molecular flexibility index (Phi) is 7.92. The molecule has 27 heavy (non-hydrogen) atoms. The Hall–Kier alpha value is -1.33. The lowest BCUT2D eigenvalue weighted by Gasteiger charge is -2.28. The Morgan fingerprint density at radius 3 is 1.93 bits per heavy atom. The number of hydrogen-bond donors (Lipinski definition) is 0. The van der Waals surface area contributed by atoms with E-state index in [0.29, 0.717) is 5.92 Å². The van der Waals surface area contributed by atoms with Gasteiger partial charge in [0.05, 0.1) is 0 Å². The molecule has 1 aromatic carbocycles. The first kappa shape index (κ1) is 22.0. The first-order chi connectivity index (χ1) is 12.7. The van der Waals surface area contributed by atoms with Gasteiger partial charge in [-0.2, -0.15) is 22.0 Å². The molecule has 1 aliphatic rings. The highest BCUT2D eigenvalue weighted by Crippen LogP contribution is 2.37. The summed E-state index contributed by atoms with van der Waals surface area (Å²) in [5.41, 5.74) is 0.933. The summed E-state index contributed by atoms with van der Waals surface area (Å²) in [6.07, 6.45) is 1.21. The van der Waals surface area contributed by atoms with Crippen LogP contribution in [0.1, 0.15) is 70.3 Å². The van der Waals surface area contributed by atoms with Crippen molar-refractivity contribution in [3.63, 3.8) is 0 Å². The van der Waals surface area contributed by atoms with Crippen molar-refractivity contribution >= 4 is 0 Å². The standard InChI is InChI=1S/C21H29F5O/c1-2-3-4-5-16-6-8-17(9-7-16)10-11-18-12-14-19(15-13-18)27-21(25,26)20(22,23)24/h12-17H,2-11H2,1H3. The van der Waals surface area contributed by atoms with Crippen LogP contribution in [0.5, 0.6) is 5.75 Å². The summed E-state index contributed by atoms with van der Waals surface area (Å²) in [6, 6.07) is 5.50. The van der Waals surface area contributed by atoms with Crippen molar-refractivity contribution in [2.45, 2.75) is 83.4 Å². The highest BCUT2D eigenvalue weighted by Gasteiger charge is 2.61. The fourth-order valence-corrected chi connectivity index (χ4v) is 3.79. The first-order valence-electron chi connectivity index (χ1n) is 9.93. The largest absolute Gasteiger partial charge is 0.499 e. The third-order valence-electron chi connectivity index (χ3n) is 5.52. The number of aryl methyl sites for hydroxylation is 1. The number of unbranched alkanes of at least 4 members (excludes halogenated alkanes) is 2. The molecule has 1 aromatic rings. The zero-order valence-corrected chi connectivity index (χ0v) is 15.8. The molecule has 0 unspecified atom stereocenters. The summed E-state index contributed by atoms with van der Waals surface area (Å²) in [4.78, 5) is 0. The van der Waals surface area contributed by atoms with E-state index in [1.807, 2.05) is 0 Å². The Balaban J connectivity index is 1.73. The molecule has 0 aliphatic heterocycles. The van der Waals surface area contributed by atoms with Crippen molar-refractivity contribution < 1.29 is 26.7 Å². The number of rotatable bonds is 9. The van der Waals surface area contributed by atoms with Gasteiger partial charge in [0.25, 0.3) is 0 Å². The molecule has 0 atom stereocenters. The maximum absolute atomic E-state index is 12.9. The molecule has 0 amide bonds. The Labute approximate surface area is 158 Å². The van der Waals surface area contributed by atoms with Crippen LogP contribution in [0.15, 0.2) is 24.3 Å². The van der Waals surface area contributed by atoms with Crippen molar-refractivity contribution in [2.24, 2.45) is 11.8 Å². The van der Waals surface area contributed by atoms with Crippen LogP contribution in [0.3, 0.4) is 0 Å². The number of ether oxygens (including phenoxy) is 1. The van der Waals surface area contributed by atoms with Gasteiger partial charge < -0.3 is 4.74 Å². The monoisotopic (exact) mass is 392 g/mol. The van der Waals surface area contributed by atoms with E-state index in [9.17, 15) is 22.0 Å². The van der Waals surface area contributed by atoms with Gasteiger partial charge in [-0.1, -0.05) is 70.4 Å². The van der Waals surface area contributed by atoms with Gasteiger partial charge in [-0.3, -0.25) is 0 Å². The molecule has 0 aromatic heterocycles. The molecule has 1 aliphatic carbocycles. The summed E-state index contributed by atoms with van der Waals surface area (Å²) in [6.45, 7) is 2.22. The average molecular weight is 392 g/mol. The zero-order valence-electron chi connectivity index (χ0n) is 15.8. The van der Waals surface area contributed by atoms with E-state index in [-0.39, 0.29) is 0 Å². The Morgan fingerprint density at radius 1 is 0.852 bits per heavy atom. The molecule has 1 fully saturated rings. The SMILES string of the molecule is CCCCCC1CCC(CCc2ccc(OC(F)(F)C(F)(F)F)cc2)CC1. The van der Waals surface area contributed by atoms with Crippen LogP contribution in [0.25, 0.3) is 0 Å². The lowest BCUT2D eigenvalue weighted by Crippen LogP contribution is -2.41. The predicted molar refractivity (Wildman–Crippen MR) is 96.0 cm³/mol. The van der Waals surface area contributed by atoms with Crippen molar-refractivity contribution in [1.82, 2.24) is 0 Å². The smallest absolute Gasteiger partial charge is 0.426 e. The Bertz CT molecular complexity index is 545. The highest BCUT2D eigenvalue weighted by atomic mass is 19.4. The van der Waals surface area contributed by atoms with Gasteiger partial charge >= 0.3 is 12.3 Å². The molecule has 0 heterocycles. The number of halogens is 5. The minimum absolute atomic E-state index is 0.478. The van der Waals surface area contributed by atoms with Gasteiger partial charge in [-0.15, -0.1) is 0 Å². The molecular weight excluding hydrogens is 363 g/mol. The number of benzene rings is 1. The molecular formula is C21H29F5O. The number of hydrogen-bond acceptors (Lipinski definition) is 1. The number of alkyl halides is 5. The van der Waals surface area contributed by atoms with E-state index in [1.54, 1.807) is 12.1 Å². The second kappa shape index (κ2) is 9.74. The quantitative estimate of drug-likeness (QED) is 0.311. The van der Waals surface area contributed by atoms with Crippen LogP contribution in [-0.4, -0.2) is 12.3 Å². The summed E-state index contributed by atoms with van der Waals surface area (Å²) in [7, 11) is 0. The van der Waals surface area contributed by atoms with Gasteiger partial charge in [0.15, 0.2) is 0 Å². The Morgan fingerprint density at radius 2 is 1.41 bits per heavy atom. The molecule has 154 valence electrons. The minimum Gasteiger partial charge on any atom is -0.426 e. The molecule has 0 bridgehead atoms. The molecule has 1 nitrogen and oxygen atoms in total. The van der Waals surface area contributed by atoms with Crippen molar-refractivity contribution in [3.8, 4) is 5.75 Å². The molecule has 0 N–H and O–H groups in total. The van der Waals surface area contributed by atoms with Crippen LogP contribution in [-0.2, 0) is 6.42 Å². The molecule has 1 saturated carbocycles. The third kappa shape index (κ3) is 6.96. The van der Waals surface area contributed by atoms with E-state index < -0.39 is 18.0 Å². The predicted octanol–water partition coefficient (Wildman–Crippen LogP) is 7.54. The van der Waals surface area contributed by atoms with Crippen molar-refractivity contribution in [3.05, 3.63) is 29.8 Å². The highest BCUT2D eigenvalue weighted by molar-refractivity contribution is 5.27. The second-order valence-electron chi connectivity index (χ2n) is 7.68. The molecule has 6 heteroatoms. The fourth-order valence-electron chi connectivity index (χ4n) is 3.79. The molecule has 0 saturated heterocycles. The van der Waals surface area contributed by atoms with E-state index >= 15 is 0 Å². The van der Waals surface area contributed by atoms with E-state index in [4.69, 9.17) is 0 Å². The van der Waals surface area contributed by atoms with Crippen LogP contribution in [0.2, 0.25) is 0 Å².